The molecule has 1 aliphatic rings. The molecule has 2 N–H and O–H groups in total. The van der Waals surface area contributed by atoms with Gasteiger partial charge in [-0.3, -0.25) is 4.79 Å². The quantitative estimate of drug-likeness (QED) is 0.799. The van der Waals surface area contributed by atoms with Crippen LogP contribution in [0.3, 0.4) is 0 Å². The number of amides is 1. The second kappa shape index (κ2) is 8.76. The molecule has 102 valence electrons. The molecule has 0 unspecified atom stereocenters. The molecule has 0 aromatic heterocycles. The second-order valence-corrected chi connectivity index (χ2v) is 5.28. The van der Waals surface area contributed by atoms with Gasteiger partial charge in [-0.1, -0.05) is 13.8 Å². The van der Waals surface area contributed by atoms with Gasteiger partial charge in [-0.05, 0) is 44.6 Å². The number of rotatable bonds is 5. The average molecular weight is 263 g/mol. The summed E-state index contributed by atoms with van der Waals surface area (Å²) in [5, 5.41) is 6.13. The molecule has 4 heteroatoms. The van der Waals surface area contributed by atoms with Crippen LogP contribution in [0.1, 0.15) is 46.0 Å². The lowest BCUT2D eigenvalue weighted by molar-refractivity contribution is -0.122. The first-order valence-corrected chi connectivity index (χ1v) is 6.57. The summed E-state index contributed by atoms with van der Waals surface area (Å²) in [6, 6.07) is 0.430. The molecule has 0 aromatic rings. The van der Waals surface area contributed by atoms with E-state index < -0.39 is 0 Å². The topological polar surface area (TPSA) is 41.1 Å². The molecule has 0 saturated heterocycles. The first-order chi connectivity index (χ1) is 7.63. The fourth-order valence-electron chi connectivity index (χ4n) is 2.47. The Labute approximate surface area is 112 Å². The van der Waals surface area contributed by atoms with Gasteiger partial charge in [0.1, 0.15) is 0 Å². The second-order valence-electron chi connectivity index (χ2n) is 5.28. The third-order valence-corrected chi connectivity index (χ3v) is 3.68. The molecule has 0 bridgehead atoms. The molecule has 0 heterocycles. The van der Waals surface area contributed by atoms with Crippen LogP contribution >= 0.6 is 12.4 Å². The Kier molecular flexibility index (Phi) is 8.61. The van der Waals surface area contributed by atoms with E-state index in [-0.39, 0.29) is 18.3 Å². The minimum atomic E-state index is 0. The van der Waals surface area contributed by atoms with Gasteiger partial charge in [0.2, 0.25) is 5.91 Å². The highest BCUT2D eigenvalue weighted by atomic mass is 35.5. The van der Waals surface area contributed by atoms with Crippen LogP contribution in [0, 0.1) is 11.8 Å². The average Bonchev–Trinajstić information content (AvgIpc) is 2.27. The zero-order chi connectivity index (χ0) is 12.0. The predicted molar refractivity (Wildman–Crippen MR) is 74.5 cm³/mol. The maximum absolute atomic E-state index is 11.5. The third kappa shape index (κ3) is 6.27. The van der Waals surface area contributed by atoms with Crippen LogP contribution in [0.15, 0.2) is 0 Å². The predicted octanol–water partition coefficient (Wildman–Crippen LogP) is 2.35. The lowest BCUT2D eigenvalue weighted by atomic mass is 9.80. The summed E-state index contributed by atoms with van der Waals surface area (Å²) in [5.41, 5.74) is 0. The van der Waals surface area contributed by atoms with E-state index in [1.165, 1.54) is 12.8 Å². The molecule has 17 heavy (non-hydrogen) atoms. The smallest absolute Gasteiger partial charge is 0.221 e. The lowest BCUT2D eigenvalue weighted by Gasteiger charge is -2.31. The van der Waals surface area contributed by atoms with Crippen molar-refractivity contribution in [1.82, 2.24) is 10.6 Å². The van der Waals surface area contributed by atoms with Crippen molar-refractivity contribution in [2.75, 3.05) is 13.6 Å². The largest absolute Gasteiger partial charge is 0.353 e. The molecule has 1 amide bonds. The van der Waals surface area contributed by atoms with Crippen LogP contribution in [-0.2, 0) is 4.79 Å². The van der Waals surface area contributed by atoms with Crippen LogP contribution in [0.25, 0.3) is 0 Å². The van der Waals surface area contributed by atoms with Crippen molar-refractivity contribution in [2.45, 2.75) is 52.0 Å². The monoisotopic (exact) mass is 262 g/mol. The minimum Gasteiger partial charge on any atom is -0.353 e. The Morgan fingerprint density at radius 3 is 2.29 bits per heavy atom. The van der Waals surface area contributed by atoms with Gasteiger partial charge < -0.3 is 10.6 Å². The number of hydrogen-bond donors (Lipinski definition) is 2. The van der Waals surface area contributed by atoms with E-state index >= 15 is 0 Å². The van der Waals surface area contributed by atoms with Crippen molar-refractivity contribution in [3.63, 3.8) is 0 Å². The fraction of sp³-hybridized carbons (Fsp3) is 0.923. The van der Waals surface area contributed by atoms with Crippen LogP contribution in [0.5, 0.6) is 0 Å². The highest BCUT2D eigenvalue weighted by molar-refractivity contribution is 5.85. The number of hydrogen-bond acceptors (Lipinski definition) is 2. The number of nitrogens with one attached hydrogen (secondary N) is 2. The number of carbonyl (C=O) groups is 1. The SMILES string of the molecule is CNCCC(=O)NC1CCC(C(C)C)CC1.Cl. The Balaban J connectivity index is 0.00000256. The molecular formula is C13H27ClN2O. The van der Waals surface area contributed by atoms with Crippen molar-refractivity contribution in [3.8, 4) is 0 Å². The van der Waals surface area contributed by atoms with E-state index in [0.29, 0.717) is 12.5 Å². The van der Waals surface area contributed by atoms with E-state index in [0.717, 1.165) is 31.2 Å². The van der Waals surface area contributed by atoms with Crippen molar-refractivity contribution >= 4 is 18.3 Å². The maximum atomic E-state index is 11.5. The molecular weight excluding hydrogens is 236 g/mol. The summed E-state index contributed by atoms with van der Waals surface area (Å²) in [6.07, 6.45) is 5.46. The Hall–Kier alpha value is -0.280. The minimum absolute atomic E-state index is 0. The van der Waals surface area contributed by atoms with E-state index in [1.54, 1.807) is 0 Å². The van der Waals surface area contributed by atoms with E-state index in [4.69, 9.17) is 0 Å². The van der Waals surface area contributed by atoms with Crippen molar-refractivity contribution in [1.29, 1.82) is 0 Å². The van der Waals surface area contributed by atoms with Gasteiger partial charge in [0.15, 0.2) is 0 Å². The van der Waals surface area contributed by atoms with Gasteiger partial charge >= 0.3 is 0 Å². The standard InChI is InChI=1S/C13H26N2O.ClH/c1-10(2)11-4-6-12(7-5-11)15-13(16)8-9-14-3;/h10-12,14H,4-9H2,1-3H3,(H,15,16);1H. The Morgan fingerprint density at radius 1 is 1.24 bits per heavy atom. The van der Waals surface area contributed by atoms with E-state index in [2.05, 4.69) is 24.5 Å². The number of halogens is 1. The maximum Gasteiger partial charge on any atom is 0.221 e. The van der Waals surface area contributed by atoms with Gasteiger partial charge in [-0.25, -0.2) is 0 Å². The Bertz CT molecular complexity index is 213. The van der Waals surface area contributed by atoms with Gasteiger partial charge in [-0.2, -0.15) is 0 Å². The molecule has 1 aliphatic carbocycles. The summed E-state index contributed by atoms with van der Waals surface area (Å²) in [6.45, 7) is 5.38. The molecule has 0 spiro atoms. The lowest BCUT2D eigenvalue weighted by Crippen LogP contribution is -2.39. The van der Waals surface area contributed by atoms with Gasteiger partial charge in [-0.15, -0.1) is 12.4 Å². The summed E-state index contributed by atoms with van der Waals surface area (Å²) in [5.74, 6) is 1.86. The molecule has 1 rings (SSSR count). The highest BCUT2D eigenvalue weighted by Crippen LogP contribution is 2.29. The van der Waals surface area contributed by atoms with Gasteiger partial charge in [0.25, 0.3) is 0 Å². The van der Waals surface area contributed by atoms with Crippen LogP contribution < -0.4 is 10.6 Å². The first kappa shape index (κ1) is 16.7. The molecule has 3 nitrogen and oxygen atoms in total. The summed E-state index contributed by atoms with van der Waals surface area (Å²) in [4.78, 5) is 11.5. The molecule has 1 saturated carbocycles. The summed E-state index contributed by atoms with van der Waals surface area (Å²) >= 11 is 0. The zero-order valence-electron chi connectivity index (χ0n) is 11.3. The summed E-state index contributed by atoms with van der Waals surface area (Å²) < 4.78 is 0. The number of carbonyl (C=O) groups excluding carboxylic acids is 1. The van der Waals surface area contributed by atoms with Crippen LogP contribution in [0.2, 0.25) is 0 Å². The van der Waals surface area contributed by atoms with Crippen molar-refractivity contribution in [2.24, 2.45) is 11.8 Å². The van der Waals surface area contributed by atoms with Crippen molar-refractivity contribution in [3.05, 3.63) is 0 Å². The third-order valence-electron chi connectivity index (χ3n) is 3.68. The van der Waals surface area contributed by atoms with Gasteiger partial charge in [0.05, 0.1) is 0 Å². The molecule has 0 aromatic carbocycles. The first-order valence-electron chi connectivity index (χ1n) is 6.57. The summed E-state index contributed by atoms with van der Waals surface area (Å²) in [7, 11) is 1.88. The fourth-order valence-corrected chi connectivity index (χ4v) is 2.47. The van der Waals surface area contributed by atoms with Gasteiger partial charge in [0, 0.05) is 19.0 Å². The highest BCUT2D eigenvalue weighted by Gasteiger charge is 2.23. The normalized spacial score (nSPS) is 24.2. The van der Waals surface area contributed by atoms with Crippen LogP contribution in [0.4, 0.5) is 0 Å². The van der Waals surface area contributed by atoms with E-state index in [1.807, 2.05) is 7.05 Å². The molecule has 0 atom stereocenters. The zero-order valence-corrected chi connectivity index (χ0v) is 12.1. The van der Waals surface area contributed by atoms with Crippen LogP contribution in [-0.4, -0.2) is 25.5 Å². The molecule has 0 radical (unpaired) electrons. The van der Waals surface area contributed by atoms with Crippen molar-refractivity contribution < 1.29 is 4.79 Å². The molecule has 0 aliphatic heterocycles. The Morgan fingerprint density at radius 2 is 1.82 bits per heavy atom. The molecule has 1 fully saturated rings. The van der Waals surface area contributed by atoms with E-state index in [9.17, 15) is 4.79 Å².